The van der Waals surface area contributed by atoms with E-state index in [9.17, 15) is 14.7 Å². The molecule has 0 bridgehead atoms. The smallest absolute Gasteiger partial charge is 0.326 e. The normalized spacial score (nSPS) is 12.7. The summed E-state index contributed by atoms with van der Waals surface area (Å²) in [6.45, 7) is 5.25. The summed E-state index contributed by atoms with van der Waals surface area (Å²) in [5, 5.41) is 14.3. The lowest BCUT2D eigenvalue weighted by atomic mass is 9.87. The minimum Gasteiger partial charge on any atom is -0.480 e. The zero-order valence-electron chi connectivity index (χ0n) is 11.3. The molecule has 0 spiro atoms. The molecule has 0 fully saturated rings. The molecule has 20 heavy (non-hydrogen) atoms. The Bertz CT molecular complexity index is 507. The van der Waals surface area contributed by atoms with Crippen molar-refractivity contribution in [1.82, 2.24) is 5.32 Å². The van der Waals surface area contributed by atoms with Gasteiger partial charge in [0, 0.05) is 8.95 Å². The van der Waals surface area contributed by atoms with E-state index in [0.717, 1.165) is 0 Å². The first kappa shape index (κ1) is 17.0. The maximum atomic E-state index is 12.0. The van der Waals surface area contributed by atoms with Crippen molar-refractivity contribution in [3.63, 3.8) is 0 Å². The Hall–Kier alpha value is -1.08. The van der Waals surface area contributed by atoms with Crippen molar-refractivity contribution in [3.8, 4) is 0 Å². The Kier molecular flexibility index (Phi) is 5.59. The molecule has 2 amide bonds. The predicted octanol–water partition coefficient (Wildman–Crippen LogP) is 3.83. The zero-order chi connectivity index (χ0) is 15.5. The number of carbonyl (C=O) groups is 2. The number of rotatable bonds is 3. The molecule has 1 unspecified atom stereocenters. The summed E-state index contributed by atoms with van der Waals surface area (Å²) in [7, 11) is 0. The highest BCUT2D eigenvalue weighted by atomic mass is 79.9. The predicted molar refractivity (Wildman–Crippen MR) is 84.9 cm³/mol. The molecule has 0 aliphatic carbocycles. The number of para-hydroxylation sites is 1. The number of amides is 2. The van der Waals surface area contributed by atoms with Crippen LogP contribution in [-0.2, 0) is 4.79 Å². The fourth-order valence-corrected chi connectivity index (χ4v) is 2.74. The summed E-state index contributed by atoms with van der Waals surface area (Å²) in [4.78, 5) is 23.2. The van der Waals surface area contributed by atoms with Crippen molar-refractivity contribution in [2.75, 3.05) is 5.32 Å². The van der Waals surface area contributed by atoms with Crippen molar-refractivity contribution in [1.29, 1.82) is 0 Å². The maximum absolute atomic E-state index is 12.0. The van der Waals surface area contributed by atoms with Crippen LogP contribution >= 0.6 is 31.9 Å². The topological polar surface area (TPSA) is 78.4 Å². The highest BCUT2D eigenvalue weighted by Crippen LogP contribution is 2.30. The van der Waals surface area contributed by atoms with Gasteiger partial charge in [0.25, 0.3) is 0 Å². The minimum atomic E-state index is -1.07. The SMILES string of the molecule is CC(C)(C)C(NC(=O)Nc1c(Br)cccc1Br)C(=O)O. The van der Waals surface area contributed by atoms with Crippen molar-refractivity contribution in [2.45, 2.75) is 26.8 Å². The molecular formula is C13H16Br2N2O3. The first-order chi connectivity index (χ1) is 9.12. The van der Waals surface area contributed by atoms with Gasteiger partial charge in [-0.05, 0) is 49.4 Å². The molecule has 0 heterocycles. The third-order valence-corrected chi connectivity index (χ3v) is 3.91. The first-order valence-electron chi connectivity index (χ1n) is 5.87. The highest BCUT2D eigenvalue weighted by molar-refractivity contribution is 9.11. The van der Waals surface area contributed by atoms with Crippen molar-refractivity contribution < 1.29 is 14.7 Å². The van der Waals surface area contributed by atoms with E-state index in [2.05, 4.69) is 42.5 Å². The van der Waals surface area contributed by atoms with E-state index in [1.54, 1.807) is 32.9 Å². The monoisotopic (exact) mass is 406 g/mol. The Morgan fingerprint density at radius 2 is 1.70 bits per heavy atom. The molecule has 5 nitrogen and oxygen atoms in total. The van der Waals surface area contributed by atoms with Crippen LogP contribution in [0.15, 0.2) is 27.1 Å². The van der Waals surface area contributed by atoms with E-state index in [1.807, 2.05) is 6.07 Å². The number of nitrogens with one attached hydrogen (secondary N) is 2. The summed E-state index contributed by atoms with van der Waals surface area (Å²) in [5.74, 6) is -1.07. The van der Waals surface area contributed by atoms with Gasteiger partial charge in [-0.3, -0.25) is 0 Å². The molecule has 110 valence electrons. The van der Waals surface area contributed by atoms with Crippen LogP contribution in [0.1, 0.15) is 20.8 Å². The van der Waals surface area contributed by atoms with Crippen molar-refractivity contribution in [3.05, 3.63) is 27.1 Å². The minimum absolute atomic E-state index is 0.544. The van der Waals surface area contributed by atoms with Gasteiger partial charge in [0.1, 0.15) is 6.04 Å². The van der Waals surface area contributed by atoms with E-state index < -0.39 is 23.5 Å². The number of carboxylic acid groups (broad SMARTS) is 1. The number of hydrogen-bond acceptors (Lipinski definition) is 2. The first-order valence-corrected chi connectivity index (χ1v) is 7.46. The zero-order valence-corrected chi connectivity index (χ0v) is 14.5. The lowest BCUT2D eigenvalue weighted by Gasteiger charge is -2.27. The second kappa shape index (κ2) is 6.58. The molecule has 1 atom stereocenters. The van der Waals surface area contributed by atoms with Crippen LogP contribution in [-0.4, -0.2) is 23.1 Å². The number of hydrogen-bond donors (Lipinski definition) is 3. The Balaban J connectivity index is 2.84. The van der Waals surface area contributed by atoms with Crippen molar-refractivity contribution >= 4 is 49.5 Å². The van der Waals surface area contributed by atoms with Crippen molar-refractivity contribution in [2.24, 2.45) is 5.41 Å². The van der Waals surface area contributed by atoms with Crippen LogP contribution in [0.4, 0.5) is 10.5 Å². The van der Waals surface area contributed by atoms with Crippen LogP contribution < -0.4 is 10.6 Å². The van der Waals surface area contributed by atoms with E-state index in [4.69, 9.17) is 0 Å². The average molecular weight is 408 g/mol. The van der Waals surface area contributed by atoms with E-state index in [-0.39, 0.29) is 0 Å². The summed E-state index contributed by atoms with van der Waals surface area (Å²) in [5.41, 5.74) is -0.0445. The van der Waals surface area contributed by atoms with Gasteiger partial charge in [-0.2, -0.15) is 0 Å². The van der Waals surface area contributed by atoms with Gasteiger partial charge in [-0.15, -0.1) is 0 Å². The van der Waals surface area contributed by atoms with Crippen LogP contribution in [0.5, 0.6) is 0 Å². The van der Waals surface area contributed by atoms with Gasteiger partial charge in [0.15, 0.2) is 0 Å². The fourth-order valence-electron chi connectivity index (χ4n) is 1.55. The lowest BCUT2D eigenvalue weighted by molar-refractivity contribution is -0.141. The molecule has 0 aliphatic heterocycles. The molecular weight excluding hydrogens is 392 g/mol. The van der Waals surface area contributed by atoms with E-state index in [1.165, 1.54) is 0 Å². The molecule has 1 aromatic carbocycles. The molecule has 1 rings (SSSR count). The van der Waals surface area contributed by atoms with Gasteiger partial charge in [-0.1, -0.05) is 26.8 Å². The summed E-state index contributed by atoms with van der Waals surface area (Å²) in [6, 6.07) is 3.81. The molecule has 1 aromatic rings. The van der Waals surface area contributed by atoms with E-state index in [0.29, 0.717) is 14.6 Å². The summed E-state index contributed by atoms with van der Waals surface area (Å²) < 4.78 is 1.40. The largest absolute Gasteiger partial charge is 0.480 e. The second-order valence-corrected chi connectivity index (χ2v) is 7.04. The third kappa shape index (κ3) is 4.49. The number of aliphatic carboxylic acids is 1. The molecule has 0 aliphatic rings. The van der Waals surface area contributed by atoms with Gasteiger partial charge in [-0.25, -0.2) is 9.59 Å². The Morgan fingerprint density at radius 1 is 1.20 bits per heavy atom. The number of urea groups is 1. The Labute approximate surface area is 134 Å². The molecule has 7 heteroatoms. The van der Waals surface area contributed by atoms with Crippen LogP contribution in [0.2, 0.25) is 0 Å². The molecule has 3 N–H and O–H groups in total. The summed E-state index contributed by atoms with van der Waals surface area (Å²) in [6.07, 6.45) is 0. The number of halogens is 2. The van der Waals surface area contributed by atoms with E-state index >= 15 is 0 Å². The maximum Gasteiger partial charge on any atom is 0.326 e. The molecule has 0 radical (unpaired) electrons. The molecule has 0 aromatic heterocycles. The van der Waals surface area contributed by atoms with Crippen LogP contribution in [0.3, 0.4) is 0 Å². The molecule has 0 saturated heterocycles. The summed E-state index contributed by atoms with van der Waals surface area (Å²) >= 11 is 6.64. The second-order valence-electron chi connectivity index (χ2n) is 5.33. The number of benzene rings is 1. The number of anilines is 1. The van der Waals surface area contributed by atoms with Gasteiger partial charge < -0.3 is 15.7 Å². The quantitative estimate of drug-likeness (QED) is 0.712. The van der Waals surface area contributed by atoms with Gasteiger partial charge in [0.05, 0.1) is 5.69 Å². The highest BCUT2D eigenvalue weighted by Gasteiger charge is 2.32. The number of carboxylic acids is 1. The Morgan fingerprint density at radius 3 is 2.10 bits per heavy atom. The fraction of sp³-hybridized carbons (Fsp3) is 0.385. The average Bonchev–Trinajstić information content (AvgIpc) is 2.29. The van der Waals surface area contributed by atoms with Crippen LogP contribution in [0.25, 0.3) is 0 Å². The van der Waals surface area contributed by atoms with Gasteiger partial charge >= 0.3 is 12.0 Å². The third-order valence-electron chi connectivity index (χ3n) is 2.59. The lowest BCUT2D eigenvalue weighted by Crippen LogP contribution is -2.50. The number of carbonyl (C=O) groups excluding carboxylic acids is 1. The van der Waals surface area contributed by atoms with Crippen LogP contribution in [0, 0.1) is 5.41 Å². The standard InChI is InChI=1S/C13H16Br2N2O3/c1-13(2,3)10(11(18)19)17-12(20)16-9-7(14)5-4-6-8(9)15/h4-6,10H,1-3H3,(H,18,19)(H2,16,17,20). The molecule has 0 saturated carbocycles. The van der Waals surface area contributed by atoms with Gasteiger partial charge in [0.2, 0.25) is 0 Å².